The maximum absolute atomic E-state index is 11.7. The average Bonchev–Trinajstić information content (AvgIpc) is 2.97. The normalized spacial score (nSPS) is 24.8. The Morgan fingerprint density at radius 3 is 2.55 bits per heavy atom. The third-order valence-corrected chi connectivity index (χ3v) is 4.30. The molecule has 1 saturated heterocycles. The molecule has 0 aromatic rings. The first-order valence-corrected chi connectivity index (χ1v) is 7.30. The van der Waals surface area contributed by atoms with Gasteiger partial charge in [-0.25, -0.2) is 9.59 Å². The minimum absolute atomic E-state index is 0.0480. The van der Waals surface area contributed by atoms with Crippen LogP contribution in [0.3, 0.4) is 0 Å². The molecule has 6 nitrogen and oxygen atoms in total. The van der Waals surface area contributed by atoms with Gasteiger partial charge in [0.05, 0.1) is 11.7 Å². The highest BCUT2D eigenvalue weighted by Gasteiger charge is 2.42. The quantitative estimate of drug-likeness (QED) is 0.732. The molecule has 1 spiro atoms. The number of hydrogen-bond donors (Lipinski definition) is 3. The molecule has 6 heteroatoms. The molecule has 1 aliphatic heterocycles. The predicted octanol–water partition coefficient (Wildman–Crippen LogP) is 1.64. The predicted molar refractivity (Wildman–Crippen MR) is 73.6 cm³/mol. The number of ether oxygens (including phenoxy) is 1. The molecule has 0 bridgehead atoms. The van der Waals surface area contributed by atoms with Gasteiger partial charge in [-0.2, -0.15) is 0 Å². The fourth-order valence-electron chi connectivity index (χ4n) is 3.01. The number of carboxylic acid groups (broad SMARTS) is 1. The largest absolute Gasteiger partial charge is 0.480 e. The fraction of sp³-hybridized carbons (Fsp3) is 0.857. The first kappa shape index (κ1) is 15.1. The van der Waals surface area contributed by atoms with Gasteiger partial charge in [-0.15, -0.1) is 0 Å². The zero-order valence-corrected chi connectivity index (χ0v) is 12.2. The van der Waals surface area contributed by atoms with E-state index in [1.54, 1.807) is 0 Å². The minimum Gasteiger partial charge on any atom is -0.480 e. The van der Waals surface area contributed by atoms with Crippen molar-refractivity contribution in [1.29, 1.82) is 0 Å². The van der Waals surface area contributed by atoms with E-state index in [2.05, 4.69) is 10.6 Å². The van der Waals surface area contributed by atoms with Crippen LogP contribution >= 0.6 is 0 Å². The lowest BCUT2D eigenvalue weighted by Gasteiger charge is -2.25. The molecular formula is C14H24N2O4. The summed E-state index contributed by atoms with van der Waals surface area (Å²) in [6.07, 6.45) is 6.79. The van der Waals surface area contributed by atoms with Gasteiger partial charge in [0.25, 0.3) is 0 Å². The third kappa shape index (κ3) is 3.42. The molecule has 20 heavy (non-hydrogen) atoms. The van der Waals surface area contributed by atoms with Crippen LogP contribution in [-0.4, -0.2) is 40.9 Å². The lowest BCUT2D eigenvalue weighted by molar-refractivity contribution is -0.142. The first-order chi connectivity index (χ1) is 9.33. The Kier molecular flexibility index (Phi) is 4.22. The molecule has 114 valence electrons. The van der Waals surface area contributed by atoms with Crippen LogP contribution in [0.15, 0.2) is 0 Å². The molecule has 2 rings (SSSR count). The fourth-order valence-corrected chi connectivity index (χ4v) is 3.01. The smallest absolute Gasteiger partial charge is 0.328 e. The number of carbonyl (C=O) groups excluding carboxylic acids is 1. The third-order valence-electron chi connectivity index (χ3n) is 4.30. The van der Waals surface area contributed by atoms with Crippen LogP contribution in [0, 0.1) is 0 Å². The van der Waals surface area contributed by atoms with E-state index in [0.717, 1.165) is 25.7 Å². The van der Waals surface area contributed by atoms with E-state index in [-0.39, 0.29) is 11.7 Å². The SMILES string of the molecule is CC(C)(NC(=O)NCC1CCC2(CCCC2)O1)C(=O)O. The van der Waals surface area contributed by atoms with E-state index in [0.29, 0.717) is 6.54 Å². The Labute approximate surface area is 119 Å². The number of hydrogen-bond acceptors (Lipinski definition) is 3. The molecule has 0 aromatic carbocycles. The zero-order chi connectivity index (χ0) is 14.8. The lowest BCUT2D eigenvalue weighted by Crippen LogP contribution is -2.54. The van der Waals surface area contributed by atoms with Gasteiger partial charge in [-0.3, -0.25) is 0 Å². The molecule has 1 heterocycles. The van der Waals surface area contributed by atoms with Crippen molar-refractivity contribution in [2.24, 2.45) is 0 Å². The average molecular weight is 284 g/mol. The van der Waals surface area contributed by atoms with E-state index in [1.807, 2.05) is 0 Å². The molecule has 2 aliphatic rings. The summed E-state index contributed by atoms with van der Waals surface area (Å²) >= 11 is 0. The Morgan fingerprint density at radius 2 is 1.95 bits per heavy atom. The number of urea groups is 1. The highest BCUT2D eigenvalue weighted by atomic mass is 16.5. The van der Waals surface area contributed by atoms with Gasteiger partial charge < -0.3 is 20.5 Å². The number of amides is 2. The summed E-state index contributed by atoms with van der Waals surface area (Å²) in [5.74, 6) is -1.06. The molecular weight excluding hydrogens is 260 g/mol. The van der Waals surface area contributed by atoms with Gasteiger partial charge in [0.2, 0.25) is 0 Å². The zero-order valence-electron chi connectivity index (χ0n) is 12.2. The lowest BCUT2D eigenvalue weighted by atomic mass is 9.98. The summed E-state index contributed by atoms with van der Waals surface area (Å²) in [5.41, 5.74) is -1.21. The second kappa shape index (κ2) is 5.60. The molecule has 1 atom stereocenters. The van der Waals surface area contributed by atoms with Gasteiger partial charge in [0.1, 0.15) is 5.54 Å². The van der Waals surface area contributed by atoms with Crippen molar-refractivity contribution in [2.75, 3.05) is 6.54 Å². The van der Waals surface area contributed by atoms with E-state index < -0.39 is 17.5 Å². The number of carbonyl (C=O) groups is 2. The van der Waals surface area contributed by atoms with Crippen LogP contribution in [0.4, 0.5) is 4.79 Å². The molecule has 3 N–H and O–H groups in total. The maximum atomic E-state index is 11.7. The van der Waals surface area contributed by atoms with Crippen molar-refractivity contribution >= 4 is 12.0 Å². The van der Waals surface area contributed by atoms with Gasteiger partial charge in [-0.05, 0) is 39.5 Å². The first-order valence-electron chi connectivity index (χ1n) is 7.30. The van der Waals surface area contributed by atoms with E-state index >= 15 is 0 Å². The minimum atomic E-state index is -1.27. The number of rotatable bonds is 4. The molecule has 2 amide bonds. The topological polar surface area (TPSA) is 87.7 Å². The summed E-state index contributed by atoms with van der Waals surface area (Å²) in [6.45, 7) is 3.34. The molecule has 0 aromatic heterocycles. The summed E-state index contributed by atoms with van der Waals surface area (Å²) in [7, 11) is 0. The van der Waals surface area contributed by atoms with Crippen LogP contribution in [0.5, 0.6) is 0 Å². The van der Waals surface area contributed by atoms with Crippen molar-refractivity contribution in [3.8, 4) is 0 Å². The summed E-state index contributed by atoms with van der Waals surface area (Å²) in [4.78, 5) is 22.6. The Balaban J connectivity index is 1.73. The van der Waals surface area contributed by atoms with Crippen LogP contribution < -0.4 is 10.6 Å². The van der Waals surface area contributed by atoms with E-state index in [1.165, 1.54) is 26.7 Å². The summed E-state index contributed by atoms with van der Waals surface area (Å²) in [6, 6.07) is -0.464. The summed E-state index contributed by atoms with van der Waals surface area (Å²) < 4.78 is 6.08. The van der Waals surface area contributed by atoms with Crippen LogP contribution in [0.2, 0.25) is 0 Å². The summed E-state index contributed by atoms with van der Waals surface area (Å²) in [5, 5.41) is 14.1. The Bertz CT molecular complexity index is 389. The van der Waals surface area contributed by atoms with Gasteiger partial charge in [0.15, 0.2) is 0 Å². The second-order valence-corrected chi connectivity index (χ2v) is 6.43. The highest BCUT2D eigenvalue weighted by Crippen LogP contribution is 2.43. The van der Waals surface area contributed by atoms with Crippen LogP contribution in [0.1, 0.15) is 52.4 Å². The Hall–Kier alpha value is -1.30. The maximum Gasteiger partial charge on any atom is 0.328 e. The van der Waals surface area contributed by atoms with Crippen molar-refractivity contribution in [1.82, 2.24) is 10.6 Å². The van der Waals surface area contributed by atoms with Crippen LogP contribution in [0.25, 0.3) is 0 Å². The molecule has 0 radical (unpaired) electrons. The molecule has 1 saturated carbocycles. The standard InChI is InChI=1S/C14H24N2O4/c1-13(2,11(17)18)16-12(19)15-9-10-5-8-14(20-10)6-3-4-7-14/h10H,3-9H2,1-2H3,(H,17,18)(H2,15,16,19). The highest BCUT2D eigenvalue weighted by molar-refractivity contribution is 5.85. The van der Waals surface area contributed by atoms with Gasteiger partial charge in [-0.1, -0.05) is 12.8 Å². The Morgan fingerprint density at radius 1 is 1.30 bits per heavy atom. The van der Waals surface area contributed by atoms with Crippen molar-refractivity contribution < 1.29 is 19.4 Å². The number of carboxylic acids is 1. The van der Waals surface area contributed by atoms with Crippen molar-refractivity contribution in [2.45, 2.75) is 69.6 Å². The van der Waals surface area contributed by atoms with Gasteiger partial charge >= 0.3 is 12.0 Å². The monoisotopic (exact) mass is 284 g/mol. The number of aliphatic carboxylic acids is 1. The molecule has 1 unspecified atom stereocenters. The molecule has 1 aliphatic carbocycles. The van der Waals surface area contributed by atoms with Crippen molar-refractivity contribution in [3.63, 3.8) is 0 Å². The van der Waals surface area contributed by atoms with E-state index in [4.69, 9.17) is 9.84 Å². The second-order valence-electron chi connectivity index (χ2n) is 6.43. The van der Waals surface area contributed by atoms with Crippen molar-refractivity contribution in [3.05, 3.63) is 0 Å². The van der Waals surface area contributed by atoms with E-state index in [9.17, 15) is 9.59 Å². The van der Waals surface area contributed by atoms with Gasteiger partial charge in [0, 0.05) is 6.54 Å². The molecule has 2 fully saturated rings. The van der Waals surface area contributed by atoms with Crippen LogP contribution in [-0.2, 0) is 9.53 Å². The number of nitrogens with one attached hydrogen (secondary N) is 2.